The molecule has 0 radical (unpaired) electrons. The molecule has 4 heteroatoms. The van der Waals surface area contributed by atoms with Crippen LogP contribution in [0.2, 0.25) is 0 Å². The van der Waals surface area contributed by atoms with Crippen LogP contribution in [0.25, 0.3) is 0 Å². The zero-order valence-corrected chi connectivity index (χ0v) is 4.81. The van der Waals surface area contributed by atoms with Crippen LogP contribution in [0.5, 0.6) is 0 Å². The predicted molar refractivity (Wildman–Crippen MR) is 31.9 cm³/mol. The van der Waals surface area contributed by atoms with Gasteiger partial charge in [-0.3, -0.25) is 4.79 Å². The van der Waals surface area contributed by atoms with Gasteiger partial charge in [-0.25, -0.2) is 0 Å². The number of aldehydes is 1. The molecule has 0 unspecified atom stereocenters. The van der Waals surface area contributed by atoms with Crippen LogP contribution in [0.3, 0.4) is 0 Å². The number of hydrogen-bond acceptors (Lipinski definition) is 4. The van der Waals surface area contributed by atoms with E-state index in [1.807, 2.05) is 0 Å². The van der Waals surface area contributed by atoms with Gasteiger partial charge in [-0.1, -0.05) is 0 Å². The fourth-order valence-electron chi connectivity index (χ4n) is 0.345. The Balaban J connectivity index is 3.09. The Labute approximate surface area is 50.3 Å². The Kier molecular flexibility index (Phi) is 1.26. The highest BCUT2D eigenvalue weighted by Crippen LogP contribution is 2.11. The number of rotatable bonds is 1. The molecule has 0 bridgehead atoms. The fourth-order valence-corrected chi connectivity index (χ4v) is 0.831. The maximum absolute atomic E-state index is 9.98. The molecule has 0 aromatic carbocycles. The van der Waals surface area contributed by atoms with Gasteiger partial charge in [0.15, 0.2) is 6.29 Å². The summed E-state index contributed by atoms with van der Waals surface area (Å²) in [5, 5.41) is 0.486. The van der Waals surface area contributed by atoms with Crippen molar-refractivity contribution in [3.05, 3.63) is 11.8 Å². The molecule has 0 atom stereocenters. The third-order valence-electron chi connectivity index (χ3n) is 0.754. The Morgan fingerprint density at radius 2 is 2.62 bits per heavy atom. The minimum Gasteiger partial charge on any atom is -0.389 e. The number of nitrogens with zero attached hydrogens (tertiary/aromatic N) is 1. The first-order valence-corrected chi connectivity index (χ1v) is 2.77. The van der Waals surface area contributed by atoms with Crippen LogP contribution < -0.4 is 5.73 Å². The maximum atomic E-state index is 9.98. The van der Waals surface area contributed by atoms with E-state index < -0.39 is 0 Å². The van der Waals surface area contributed by atoms with Gasteiger partial charge in [0.05, 0.1) is 11.8 Å². The summed E-state index contributed by atoms with van der Waals surface area (Å²) >= 11 is 1.13. The summed E-state index contributed by atoms with van der Waals surface area (Å²) in [7, 11) is 0. The van der Waals surface area contributed by atoms with Crippen LogP contribution in [0, 0.1) is 0 Å². The number of hydrogen-bond donors (Lipinski definition) is 1. The van der Waals surface area contributed by atoms with Crippen LogP contribution >= 0.6 is 11.5 Å². The standard InChI is InChI=1S/C4H4N2OS/c5-4-3(2-7)1-6-8-4/h1-2H,5H2. The van der Waals surface area contributed by atoms with Gasteiger partial charge >= 0.3 is 0 Å². The van der Waals surface area contributed by atoms with E-state index in [1.54, 1.807) is 0 Å². The van der Waals surface area contributed by atoms with Gasteiger partial charge < -0.3 is 5.73 Å². The molecule has 42 valence electrons. The highest BCUT2D eigenvalue weighted by Gasteiger charge is 1.96. The third kappa shape index (κ3) is 0.696. The normalized spacial score (nSPS) is 9.00. The van der Waals surface area contributed by atoms with Crippen LogP contribution in [0.15, 0.2) is 6.20 Å². The van der Waals surface area contributed by atoms with Gasteiger partial charge in [0, 0.05) is 0 Å². The first-order valence-electron chi connectivity index (χ1n) is 2.00. The molecular formula is C4H4N2OS. The van der Waals surface area contributed by atoms with Crippen molar-refractivity contribution in [2.24, 2.45) is 0 Å². The lowest BCUT2D eigenvalue weighted by Gasteiger charge is -1.77. The number of carbonyl (C=O) groups excluding carboxylic acids is 1. The lowest BCUT2D eigenvalue weighted by atomic mass is 10.4. The lowest BCUT2D eigenvalue weighted by Crippen LogP contribution is -1.83. The largest absolute Gasteiger partial charge is 0.389 e. The van der Waals surface area contributed by atoms with Gasteiger partial charge in [0.25, 0.3) is 0 Å². The highest BCUT2D eigenvalue weighted by molar-refractivity contribution is 7.10. The molecule has 1 rings (SSSR count). The van der Waals surface area contributed by atoms with Gasteiger partial charge in [0.2, 0.25) is 0 Å². The van der Waals surface area contributed by atoms with Crippen molar-refractivity contribution in [1.82, 2.24) is 4.37 Å². The number of anilines is 1. The van der Waals surface area contributed by atoms with Gasteiger partial charge in [-0.05, 0) is 11.5 Å². The lowest BCUT2D eigenvalue weighted by molar-refractivity contribution is 0.112. The highest BCUT2D eigenvalue weighted by atomic mass is 32.1. The summed E-state index contributed by atoms with van der Waals surface area (Å²) < 4.78 is 3.68. The minimum absolute atomic E-state index is 0.481. The van der Waals surface area contributed by atoms with Crippen molar-refractivity contribution < 1.29 is 4.79 Å². The Morgan fingerprint density at radius 1 is 1.88 bits per heavy atom. The second kappa shape index (κ2) is 1.92. The molecule has 0 saturated heterocycles. The van der Waals surface area contributed by atoms with Crippen molar-refractivity contribution >= 4 is 22.8 Å². The number of nitrogens with two attached hydrogens (primary N) is 1. The van der Waals surface area contributed by atoms with Crippen molar-refractivity contribution in [2.75, 3.05) is 5.73 Å². The molecule has 0 aliphatic carbocycles. The summed E-state index contributed by atoms with van der Waals surface area (Å²) in [6, 6.07) is 0. The topological polar surface area (TPSA) is 56.0 Å². The van der Waals surface area contributed by atoms with E-state index in [9.17, 15) is 4.79 Å². The fraction of sp³-hybridized carbons (Fsp3) is 0. The quantitative estimate of drug-likeness (QED) is 0.561. The van der Waals surface area contributed by atoms with Crippen molar-refractivity contribution in [3.63, 3.8) is 0 Å². The maximum Gasteiger partial charge on any atom is 0.154 e. The number of carbonyl (C=O) groups is 1. The van der Waals surface area contributed by atoms with Gasteiger partial charge in [-0.2, -0.15) is 4.37 Å². The first-order chi connectivity index (χ1) is 3.84. The van der Waals surface area contributed by atoms with Gasteiger partial charge in [0.1, 0.15) is 5.00 Å². The average Bonchev–Trinajstić information content (AvgIpc) is 2.14. The van der Waals surface area contributed by atoms with Crippen LogP contribution in [-0.2, 0) is 0 Å². The van der Waals surface area contributed by atoms with Crippen molar-refractivity contribution in [2.45, 2.75) is 0 Å². The molecule has 0 aliphatic heterocycles. The summed E-state index contributed by atoms with van der Waals surface area (Å²) in [5.41, 5.74) is 5.76. The van der Waals surface area contributed by atoms with E-state index in [0.29, 0.717) is 16.9 Å². The zero-order valence-electron chi connectivity index (χ0n) is 4.00. The molecule has 3 nitrogen and oxygen atoms in total. The summed E-state index contributed by atoms with van der Waals surface area (Å²) in [5.74, 6) is 0. The van der Waals surface area contributed by atoms with E-state index in [1.165, 1.54) is 6.20 Å². The zero-order chi connectivity index (χ0) is 5.98. The summed E-state index contributed by atoms with van der Waals surface area (Å²) in [4.78, 5) is 9.98. The molecule has 2 N–H and O–H groups in total. The summed E-state index contributed by atoms with van der Waals surface area (Å²) in [6.07, 6.45) is 2.14. The SMILES string of the molecule is Nc1sncc1C=O. The van der Waals surface area contributed by atoms with Crippen molar-refractivity contribution in [3.8, 4) is 0 Å². The molecule has 8 heavy (non-hydrogen) atoms. The van der Waals surface area contributed by atoms with Crippen molar-refractivity contribution in [1.29, 1.82) is 0 Å². The molecule has 0 fully saturated rings. The first kappa shape index (κ1) is 5.24. The monoisotopic (exact) mass is 128 g/mol. The number of aromatic nitrogens is 1. The Bertz CT molecular complexity index is 196. The predicted octanol–water partition coefficient (Wildman–Crippen LogP) is 0.538. The van der Waals surface area contributed by atoms with E-state index in [0.717, 1.165) is 11.5 Å². The van der Waals surface area contributed by atoms with E-state index in [4.69, 9.17) is 5.73 Å². The van der Waals surface area contributed by atoms with E-state index >= 15 is 0 Å². The smallest absolute Gasteiger partial charge is 0.154 e. The number of nitrogen functional groups attached to an aromatic ring is 1. The second-order valence-electron chi connectivity index (χ2n) is 1.26. The average molecular weight is 128 g/mol. The van der Waals surface area contributed by atoms with Crippen LogP contribution in [0.1, 0.15) is 10.4 Å². The Hall–Kier alpha value is -0.900. The molecule has 0 saturated carbocycles. The third-order valence-corrected chi connectivity index (χ3v) is 1.40. The van der Waals surface area contributed by atoms with Crippen LogP contribution in [0.4, 0.5) is 5.00 Å². The molecule has 1 heterocycles. The second-order valence-corrected chi connectivity index (χ2v) is 2.10. The molecule has 1 aromatic heterocycles. The summed E-state index contributed by atoms with van der Waals surface area (Å²) in [6.45, 7) is 0. The molecule has 1 aromatic rings. The Morgan fingerprint density at radius 3 is 2.88 bits per heavy atom. The molecular weight excluding hydrogens is 124 g/mol. The van der Waals surface area contributed by atoms with E-state index in [-0.39, 0.29) is 0 Å². The molecule has 0 aliphatic rings. The van der Waals surface area contributed by atoms with E-state index in [2.05, 4.69) is 4.37 Å². The van der Waals surface area contributed by atoms with Crippen LogP contribution in [-0.4, -0.2) is 10.7 Å². The molecule has 0 spiro atoms. The van der Waals surface area contributed by atoms with Gasteiger partial charge in [-0.15, -0.1) is 0 Å². The minimum atomic E-state index is 0.481. The molecule has 0 amide bonds.